The van der Waals surface area contributed by atoms with Crippen LogP contribution >= 0.6 is 11.3 Å². The highest BCUT2D eigenvalue weighted by atomic mass is 32.1. The number of rotatable bonds is 4. The van der Waals surface area contributed by atoms with Gasteiger partial charge in [-0.2, -0.15) is 0 Å². The Morgan fingerprint density at radius 2 is 2.25 bits per heavy atom. The quantitative estimate of drug-likeness (QED) is 0.906. The molecule has 0 aliphatic rings. The molecule has 1 heterocycles. The number of nitrogens with one attached hydrogen (secondary N) is 1. The van der Waals surface area contributed by atoms with Gasteiger partial charge in [0.1, 0.15) is 0 Å². The molecule has 0 unspecified atom stereocenters. The van der Waals surface area contributed by atoms with E-state index in [0.717, 1.165) is 5.69 Å². The van der Waals surface area contributed by atoms with Crippen LogP contribution in [0.3, 0.4) is 0 Å². The lowest BCUT2D eigenvalue weighted by molar-refractivity contribution is 0.0697. The smallest absolute Gasteiger partial charge is 0.335 e. The van der Waals surface area contributed by atoms with Gasteiger partial charge in [-0.1, -0.05) is 6.07 Å². The second-order valence-corrected chi connectivity index (χ2v) is 4.87. The fraction of sp³-hybridized carbons (Fsp3) is 0.154. The van der Waals surface area contributed by atoms with Crippen molar-refractivity contribution in [2.45, 2.75) is 6.54 Å². The van der Waals surface area contributed by atoms with Gasteiger partial charge in [0.25, 0.3) is 0 Å². The number of carboxylic acids is 1. The molecule has 2 amide bonds. The van der Waals surface area contributed by atoms with Gasteiger partial charge in [0.15, 0.2) is 0 Å². The van der Waals surface area contributed by atoms with Gasteiger partial charge >= 0.3 is 12.0 Å². The molecule has 20 heavy (non-hydrogen) atoms. The van der Waals surface area contributed by atoms with Crippen molar-refractivity contribution >= 4 is 29.0 Å². The number of carbonyl (C=O) groups is 2. The first-order valence-electron chi connectivity index (χ1n) is 5.79. The van der Waals surface area contributed by atoms with Crippen LogP contribution in [0, 0.1) is 0 Å². The van der Waals surface area contributed by atoms with Crippen molar-refractivity contribution in [1.29, 1.82) is 0 Å². The van der Waals surface area contributed by atoms with E-state index >= 15 is 0 Å². The number of carboxylic acid groups (broad SMARTS) is 1. The summed E-state index contributed by atoms with van der Waals surface area (Å²) in [6.07, 6.45) is 0. The molecule has 0 fully saturated rings. The molecule has 1 aromatic carbocycles. The number of amides is 2. The Balaban J connectivity index is 2.00. The van der Waals surface area contributed by atoms with Crippen LogP contribution in [0.2, 0.25) is 0 Å². The van der Waals surface area contributed by atoms with Gasteiger partial charge in [-0.25, -0.2) is 14.6 Å². The number of aromatic nitrogens is 1. The van der Waals surface area contributed by atoms with Crippen LogP contribution in [0.5, 0.6) is 0 Å². The minimum atomic E-state index is -1.03. The Labute approximate surface area is 119 Å². The van der Waals surface area contributed by atoms with Gasteiger partial charge in [-0.3, -0.25) is 0 Å². The van der Waals surface area contributed by atoms with Crippen molar-refractivity contribution in [3.8, 4) is 0 Å². The van der Waals surface area contributed by atoms with Gasteiger partial charge in [0.2, 0.25) is 0 Å². The molecule has 0 saturated heterocycles. The van der Waals surface area contributed by atoms with Crippen LogP contribution < -0.4 is 5.32 Å². The lowest BCUT2D eigenvalue weighted by Crippen LogP contribution is -2.31. The standard InChI is InChI=1S/C13H13N3O3S/c1-16(6-11-7-20-8-14-11)13(19)15-10-4-2-3-9(5-10)12(17)18/h2-5,7-8H,6H2,1H3,(H,15,19)(H,17,18). The van der Waals surface area contributed by atoms with E-state index in [4.69, 9.17) is 5.11 Å². The molecule has 1 aromatic heterocycles. The summed E-state index contributed by atoms with van der Waals surface area (Å²) in [5.74, 6) is -1.03. The number of hydrogen-bond donors (Lipinski definition) is 2. The van der Waals surface area contributed by atoms with Gasteiger partial charge in [0.05, 0.1) is 23.3 Å². The first-order chi connectivity index (χ1) is 9.56. The van der Waals surface area contributed by atoms with Gasteiger partial charge in [-0.05, 0) is 18.2 Å². The molecule has 7 heteroatoms. The number of benzene rings is 1. The molecule has 0 atom stereocenters. The van der Waals surface area contributed by atoms with Crippen molar-refractivity contribution in [2.75, 3.05) is 12.4 Å². The zero-order chi connectivity index (χ0) is 14.5. The van der Waals surface area contributed by atoms with Crippen molar-refractivity contribution < 1.29 is 14.7 Å². The van der Waals surface area contributed by atoms with Crippen LogP contribution in [0.4, 0.5) is 10.5 Å². The Morgan fingerprint density at radius 3 is 2.90 bits per heavy atom. The van der Waals surface area contributed by atoms with E-state index in [1.54, 1.807) is 24.7 Å². The number of anilines is 1. The molecule has 2 rings (SSSR count). The first kappa shape index (κ1) is 14.0. The van der Waals surface area contributed by atoms with Gasteiger partial charge in [0, 0.05) is 18.1 Å². The predicted molar refractivity (Wildman–Crippen MR) is 76.0 cm³/mol. The van der Waals surface area contributed by atoms with Crippen LogP contribution in [0.15, 0.2) is 35.2 Å². The van der Waals surface area contributed by atoms with Gasteiger partial charge < -0.3 is 15.3 Å². The van der Waals surface area contributed by atoms with Crippen molar-refractivity contribution in [3.63, 3.8) is 0 Å². The Bertz CT molecular complexity index is 613. The molecule has 2 N–H and O–H groups in total. The highest BCUT2D eigenvalue weighted by Crippen LogP contribution is 2.12. The summed E-state index contributed by atoms with van der Waals surface area (Å²) >= 11 is 1.47. The summed E-state index contributed by atoms with van der Waals surface area (Å²) in [6, 6.07) is 5.79. The first-order valence-corrected chi connectivity index (χ1v) is 6.73. The summed E-state index contributed by atoms with van der Waals surface area (Å²) < 4.78 is 0. The summed E-state index contributed by atoms with van der Waals surface area (Å²) in [6.45, 7) is 0.397. The third kappa shape index (κ3) is 3.55. The molecule has 0 bridgehead atoms. The third-order valence-corrected chi connectivity index (χ3v) is 3.23. The fourth-order valence-electron chi connectivity index (χ4n) is 1.58. The van der Waals surface area contributed by atoms with Crippen molar-refractivity contribution in [3.05, 3.63) is 46.4 Å². The maximum atomic E-state index is 12.0. The second kappa shape index (κ2) is 6.16. The minimum absolute atomic E-state index is 0.130. The number of aromatic carboxylic acids is 1. The maximum absolute atomic E-state index is 12.0. The molecule has 0 spiro atoms. The predicted octanol–water partition coefficient (Wildman–Crippen LogP) is 2.51. The van der Waals surface area contributed by atoms with E-state index in [9.17, 15) is 9.59 Å². The molecule has 104 valence electrons. The minimum Gasteiger partial charge on any atom is -0.478 e. The van der Waals surface area contributed by atoms with Crippen molar-refractivity contribution in [2.24, 2.45) is 0 Å². The maximum Gasteiger partial charge on any atom is 0.335 e. The fourth-order valence-corrected chi connectivity index (χ4v) is 2.13. The molecule has 0 radical (unpaired) electrons. The molecular formula is C13H13N3O3S. The third-order valence-electron chi connectivity index (χ3n) is 2.59. The SMILES string of the molecule is CN(Cc1cscn1)C(=O)Nc1cccc(C(=O)O)c1. The van der Waals surface area contributed by atoms with E-state index in [-0.39, 0.29) is 11.6 Å². The van der Waals surface area contributed by atoms with E-state index in [2.05, 4.69) is 10.3 Å². The number of nitrogens with zero attached hydrogens (tertiary/aromatic N) is 2. The molecule has 0 saturated carbocycles. The van der Waals surface area contributed by atoms with E-state index in [1.165, 1.54) is 28.4 Å². The average molecular weight is 291 g/mol. The highest BCUT2D eigenvalue weighted by molar-refractivity contribution is 7.07. The van der Waals surface area contributed by atoms with Crippen LogP contribution in [0.25, 0.3) is 0 Å². The molecule has 0 aliphatic carbocycles. The van der Waals surface area contributed by atoms with Crippen molar-refractivity contribution in [1.82, 2.24) is 9.88 Å². The number of urea groups is 1. The zero-order valence-electron chi connectivity index (χ0n) is 10.7. The summed E-state index contributed by atoms with van der Waals surface area (Å²) in [5.41, 5.74) is 3.09. The monoisotopic (exact) mass is 291 g/mol. The Morgan fingerprint density at radius 1 is 1.45 bits per heavy atom. The molecule has 6 nitrogen and oxygen atoms in total. The molecular weight excluding hydrogens is 278 g/mol. The summed E-state index contributed by atoms with van der Waals surface area (Å²) in [7, 11) is 1.65. The molecule has 0 aliphatic heterocycles. The van der Waals surface area contributed by atoms with E-state index in [0.29, 0.717) is 12.2 Å². The molecule has 2 aromatic rings. The highest BCUT2D eigenvalue weighted by Gasteiger charge is 2.11. The van der Waals surface area contributed by atoms with Crippen LogP contribution in [0.1, 0.15) is 16.1 Å². The summed E-state index contributed by atoms with van der Waals surface area (Å²) in [4.78, 5) is 28.4. The van der Waals surface area contributed by atoms with Gasteiger partial charge in [-0.15, -0.1) is 11.3 Å². The zero-order valence-corrected chi connectivity index (χ0v) is 11.6. The van der Waals surface area contributed by atoms with Crippen LogP contribution in [-0.4, -0.2) is 34.0 Å². The Kier molecular flexibility index (Phi) is 4.31. The summed E-state index contributed by atoms with van der Waals surface area (Å²) in [5, 5.41) is 13.4. The number of carbonyl (C=O) groups excluding carboxylic acids is 1. The largest absolute Gasteiger partial charge is 0.478 e. The normalized spacial score (nSPS) is 10.1. The topological polar surface area (TPSA) is 82.5 Å². The van der Waals surface area contributed by atoms with Crippen LogP contribution in [-0.2, 0) is 6.54 Å². The second-order valence-electron chi connectivity index (χ2n) is 4.15. The lowest BCUT2D eigenvalue weighted by atomic mass is 10.2. The Hall–Kier alpha value is -2.41. The van der Waals surface area contributed by atoms with E-state index in [1.807, 2.05) is 5.38 Å². The number of thiazole rings is 1. The van der Waals surface area contributed by atoms with E-state index < -0.39 is 5.97 Å². The average Bonchev–Trinajstić information content (AvgIpc) is 2.91. The number of hydrogen-bond acceptors (Lipinski definition) is 4. The lowest BCUT2D eigenvalue weighted by Gasteiger charge is -2.17.